The zero-order chi connectivity index (χ0) is 16.4. The molecule has 0 aromatic rings. The molecule has 0 aromatic carbocycles. The first kappa shape index (κ1) is 17.2. The van der Waals surface area contributed by atoms with Crippen LogP contribution in [0.3, 0.4) is 0 Å². The van der Waals surface area contributed by atoms with E-state index in [1.54, 1.807) is 7.11 Å². The van der Waals surface area contributed by atoms with Crippen molar-refractivity contribution in [3.05, 3.63) is 0 Å². The van der Waals surface area contributed by atoms with Crippen molar-refractivity contribution in [3.63, 3.8) is 0 Å². The molecule has 1 saturated carbocycles. The number of hydrogen-bond donors (Lipinski definition) is 0. The van der Waals surface area contributed by atoms with Crippen LogP contribution in [0.5, 0.6) is 0 Å². The molecular formula is C18H32N2O3. The maximum absolute atomic E-state index is 12.7. The highest BCUT2D eigenvalue weighted by molar-refractivity contribution is 5.77. The van der Waals surface area contributed by atoms with Crippen molar-refractivity contribution in [1.29, 1.82) is 0 Å². The summed E-state index contributed by atoms with van der Waals surface area (Å²) in [4.78, 5) is 17.2. The predicted octanol–water partition coefficient (Wildman–Crippen LogP) is 1.90. The number of likely N-dealkylation sites (tertiary alicyclic amines) is 1. The maximum Gasteiger partial charge on any atom is 0.225 e. The molecule has 3 aliphatic rings. The molecule has 0 radical (unpaired) electrons. The van der Waals surface area contributed by atoms with Gasteiger partial charge in [-0.25, -0.2) is 0 Å². The van der Waals surface area contributed by atoms with E-state index in [0.29, 0.717) is 18.4 Å². The van der Waals surface area contributed by atoms with Crippen LogP contribution in [0.15, 0.2) is 0 Å². The molecule has 0 aromatic heterocycles. The topological polar surface area (TPSA) is 42.0 Å². The third-order valence-electron chi connectivity index (χ3n) is 6.13. The summed E-state index contributed by atoms with van der Waals surface area (Å²) in [7, 11) is 1.74. The molecular weight excluding hydrogens is 292 g/mol. The predicted molar refractivity (Wildman–Crippen MR) is 89.3 cm³/mol. The number of ether oxygens (including phenoxy) is 2. The van der Waals surface area contributed by atoms with Gasteiger partial charge in [0.25, 0.3) is 0 Å². The minimum absolute atomic E-state index is 0.174. The van der Waals surface area contributed by atoms with Gasteiger partial charge in [0.1, 0.15) is 0 Å². The van der Waals surface area contributed by atoms with Crippen LogP contribution in [0.2, 0.25) is 0 Å². The molecule has 5 nitrogen and oxygen atoms in total. The first-order valence-corrected chi connectivity index (χ1v) is 9.21. The van der Waals surface area contributed by atoms with E-state index in [9.17, 15) is 4.79 Å². The second-order valence-electron chi connectivity index (χ2n) is 7.80. The van der Waals surface area contributed by atoms with E-state index in [0.717, 1.165) is 52.0 Å². The van der Waals surface area contributed by atoms with E-state index in [4.69, 9.17) is 9.47 Å². The Hall–Kier alpha value is -0.650. The van der Waals surface area contributed by atoms with Gasteiger partial charge in [0.15, 0.2) is 0 Å². The third-order valence-corrected chi connectivity index (χ3v) is 6.13. The average Bonchev–Trinajstić information content (AvgIpc) is 2.72. The summed E-state index contributed by atoms with van der Waals surface area (Å²) in [5.74, 6) is 0.808. The first-order chi connectivity index (χ1) is 11.0. The molecule has 23 heavy (non-hydrogen) atoms. The molecule has 5 heteroatoms. The quantitative estimate of drug-likeness (QED) is 0.792. The SMILES string of the molecule is COC1(CC(=O)N2CCC3CN(C(C)C)CCOC3C2)CCC1. The minimum Gasteiger partial charge on any atom is -0.378 e. The summed E-state index contributed by atoms with van der Waals surface area (Å²) in [6.07, 6.45) is 5.03. The van der Waals surface area contributed by atoms with Gasteiger partial charge in [-0.05, 0) is 39.5 Å². The molecule has 2 unspecified atom stereocenters. The lowest BCUT2D eigenvalue weighted by molar-refractivity contribution is -0.149. The van der Waals surface area contributed by atoms with Crippen LogP contribution in [-0.4, -0.2) is 73.3 Å². The summed E-state index contributed by atoms with van der Waals surface area (Å²) >= 11 is 0. The van der Waals surface area contributed by atoms with Crippen LogP contribution >= 0.6 is 0 Å². The molecule has 132 valence electrons. The normalized spacial score (nSPS) is 31.4. The van der Waals surface area contributed by atoms with Crippen LogP contribution in [0, 0.1) is 5.92 Å². The number of piperidine rings is 1. The van der Waals surface area contributed by atoms with Crippen molar-refractivity contribution in [2.24, 2.45) is 5.92 Å². The Morgan fingerprint density at radius 1 is 1.30 bits per heavy atom. The Morgan fingerprint density at radius 2 is 2.09 bits per heavy atom. The highest BCUT2D eigenvalue weighted by Gasteiger charge is 2.42. The van der Waals surface area contributed by atoms with Crippen molar-refractivity contribution >= 4 is 5.91 Å². The zero-order valence-electron chi connectivity index (χ0n) is 14.9. The number of amides is 1. The fourth-order valence-electron chi connectivity index (χ4n) is 4.18. The average molecular weight is 324 g/mol. The van der Waals surface area contributed by atoms with Crippen molar-refractivity contribution in [2.75, 3.05) is 39.9 Å². The lowest BCUT2D eigenvalue weighted by Gasteiger charge is -2.43. The fourth-order valence-corrected chi connectivity index (χ4v) is 4.18. The van der Waals surface area contributed by atoms with E-state index in [1.165, 1.54) is 6.42 Å². The molecule has 3 rings (SSSR count). The Balaban J connectivity index is 1.56. The van der Waals surface area contributed by atoms with Gasteiger partial charge < -0.3 is 14.4 Å². The number of rotatable bonds is 4. The standard InChI is InChI=1S/C18H32N2O3/c1-14(2)19-9-10-23-16-13-20(8-5-15(16)12-19)17(21)11-18(22-3)6-4-7-18/h14-16H,4-13H2,1-3H3. The van der Waals surface area contributed by atoms with E-state index >= 15 is 0 Å². The van der Waals surface area contributed by atoms with Crippen LogP contribution in [0.25, 0.3) is 0 Å². The van der Waals surface area contributed by atoms with Crippen LogP contribution in [0.4, 0.5) is 0 Å². The van der Waals surface area contributed by atoms with E-state index in [-0.39, 0.29) is 17.6 Å². The van der Waals surface area contributed by atoms with Crippen molar-refractivity contribution < 1.29 is 14.3 Å². The number of methoxy groups -OCH3 is 1. The third kappa shape index (κ3) is 3.72. The molecule has 2 aliphatic heterocycles. The number of carbonyl (C=O) groups excluding carboxylic acids is 1. The lowest BCUT2D eigenvalue weighted by Crippen LogP contribution is -2.52. The Labute approximate surface area is 140 Å². The smallest absolute Gasteiger partial charge is 0.225 e. The number of nitrogens with zero attached hydrogens (tertiary/aromatic N) is 2. The summed E-state index contributed by atoms with van der Waals surface area (Å²) in [5, 5.41) is 0. The van der Waals surface area contributed by atoms with Gasteiger partial charge in [-0.1, -0.05) is 0 Å². The minimum atomic E-state index is -0.174. The van der Waals surface area contributed by atoms with Gasteiger partial charge >= 0.3 is 0 Å². The summed E-state index contributed by atoms with van der Waals surface area (Å²) in [5.41, 5.74) is -0.174. The largest absolute Gasteiger partial charge is 0.378 e. The molecule has 2 heterocycles. The van der Waals surface area contributed by atoms with Gasteiger partial charge in [-0.2, -0.15) is 0 Å². The highest BCUT2D eigenvalue weighted by atomic mass is 16.5. The number of carbonyl (C=O) groups is 1. The van der Waals surface area contributed by atoms with Crippen LogP contribution in [-0.2, 0) is 14.3 Å². The van der Waals surface area contributed by atoms with Gasteiger partial charge in [0.05, 0.1) is 24.7 Å². The van der Waals surface area contributed by atoms with E-state index in [1.807, 2.05) is 4.90 Å². The maximum atomic E-state index is 12.7. The summed E-state index contributed by atoms with van der Waals surface area (Å²) in [6, 6.07) is 0.567. The molecule has 2 saturated heterocycles. The Kier molecular flexibility index (Phi) is 5.29. The van der Waals surface area contributed by atoms with Crippen LogP contribution < -0.4 is 0 Å². The lowest BCUT2D eigenvalue weighted by atomic mass is 9.77. The molecule has 1 aliphatic carbocycles. The summed E-state index contributed by atoms with van der Waals surface area (Å²) < 4.78 is 11.7. The monoisotopic (exact) mass is 324 g/mol. The van der Waals surface area contributed by atoms with Crippen molar-refractivity contribution in [2.45, 2.75) is 63.7 Å². The fraction of sp³-hybridized carbons (Fsp3) is 0.944. The van der Waals surface area contributed by atoms with Gasteiger partial charge in [-0.3, -0.25) is 9.69 Å². The molecule has 1 amide bonds. The molecule has 0 bridgehead atoms. The zero-order valence-corrected chi connectivity index (χ0v) is 14.9. The van der Waals surface area contributed by atoms with Crippen molar-refractivity contribution in [3.8, 4) is 0 Å². The first-order valence-electron chi connectivity index (χ1n) is 9.21. The highest BCUT2D eigenvalue weighted by Crippen LogP contribution is 2.38. The van der Waals surface area contributed by atoms with Crippen molar-refractivity contribution in [1.82, 2.24) is 9.80 Å². The van der Waals surface area contributed by atoms with Gasteiger partial charge in [0.2, 0.25) is 5.91 Å². The molecule has 2 atom stereocenters. The van der Waals surface area contributed by atoms with E-state index in [2.05, 4.69) is 18.7 Å². The second-order valence-corrected chi connectivity index (χ2v) is 7.80. The van der Waals surface area contributed by atoms with E-state index < -0.39 is 0 Å². The Bertz CT molecular complexity index is 417. The van der Waals surface area contributed by atoms with Crippen LogP contribution in [0.1, 0.15) is 46.0 Å². The molecule has 3 fully saturated rings. The summed E-state index contributed by atoms with van der Waals surface area (Å²) in [6.45, 7) is 9.02. The number of fused-ring (bicyclic) bond motifs is 1. The van der Waals surface area contributed by atoms with Gasteiger partial charge in [0, 0.05) is 45.2 Å². The van der Waals surface area contributed by atoms with Gasteiger partial charge in [-0.15, -0.1) is 0 Å². The number of hydrogen-bond acceptors (Lipinski definition) is 4. The second kappa shape index (κ2) is 7.08. The molecule has 0 N–H and O–H groups in total. The molecule has 0 spiro atoms. The Morgan fingerprint density at radius 3 is 2.70 bits per heavy atom.